The summed E-state index contributed by atoms with van der Waals surface area (Å²) in [5, 5.41) is 0. The maximum absolute atomic E-state index is 2.55. The van der Waals surface area contributed by atoms with Crippen molar-refractivity contribution >= 4 is 0 Å². The monoisotopic (exact) mass is 292 g/mol. The summed E-state index contributed by atoms with van der Waals surface area (Å²) in [6.07, 6.45) is 16.5. The molecule has 0 aromatic carbocycles. The third-order valence-corrected chi connectivity index (χ3v) is 7.11. The highest BCUT2D eigenvalue weighted by Gasteiger charge is 2.27. The van der Waals surface area contributed by atoms with Gasteiger partial charge in [-0.2, -0.15) is 0 Å². The minimum atomic E-state index is 0.981. The van der Waals surface area contributed by atoms with Crippen LogP contribution in [0, 0.1) is 35.5 Å². The van der Waals surface area contributed by atoms with E-state index in [2.05, 4.69) is 27.7 Å². The average molecular weight is 293 g/mol. The maximum Gasteiger partial charge on any atom is -0.0386 e. The molecule has 2 aliphatic carbocycles. The van der Waals surface area contributed by atoms with Crippen LogP contribution in [-0.2, 0) is 0 Å². The summed E-state index contributed by atoms with van der Waals surface area (Å²) >= 11 is 0. The summed E-state index contributed by atoms with van der Waals surface area (Å²) < 4.78 is 0. The van der Waals surface area contributed by atoms with Gasteiger partial charge in [0.2, 0.25) is 0 Å². The van der Waals surface area contributed by atoms with E-state index in [4.69, 9.17) is 0 Å². The minimum absolute atomic E-state index is 0.981. The SMILES string of the molecule is CCC(CCC(C)C1CCC(C)CC1)C1CCC(C)CC1. The Morgan fingerprint density at radius 2 is 1.19 bits per heavy atom. The third kappa shape index (κ3) is 5.29. The first kappa shape index (κ1) is 17.4. The summed E-state index contributed by atoms with van der Waals surface area (Å²) in [4.78, 5) is 0. The largest absolute Gasteiger partial charge is 0.0651 e. The molecule has 0 amide bonds. The Hall–Kier alpha value is 0. The van der Waals surface area contributed by atoms with E-state index in [1.807, 2.05) is 0 Å². The van der Waals surface area contributed by atoms with Crippen LogP contribution in [0.15, 0.2) is 0 Å². The van der Waals surface area contributed by atoms with Crippen molar-refractivity contribution in [3.63, 3.8) is 0 Å². The van der Waals surface area contributed by atoms with Crippen LogP contribution in [0.3, 0.4) is 0 Å². The summed E-state index contributed by atoms with van der Waals surface area (Å²) in [6, 6.07) is 0. The van der Waals surface area contributed by atoms with Gasteiger partial charge in [0.05, 0.1) is 0 Å². The molecule has 0 aliphatic heterocycles. The molecule has 0 N–H and O–H groups in total. The van der Waals surface area contributed by atoms with Crippen molar-refractivity contribution < 1.29 is 0 Å². The molecule has 0 bridgehead atoms. The fourth-order valence-electron chi connectivity index (χ4n) is 5.10. The first-order valence-corrected chi connectivity index (χ1v) is 10.1. The zero-order chi connectivity index (χ0) is 15.2. The molecule has 0 heteroatoms. The van der Waals surface area contributed by atoms with Crippen LogP contribution in [0.5, 0.6) is 0 Å². The van der Waals surface area contributed by atoms with Gasteiger partial charge in [0.15, 0.2) is 0 Å². The van der Waals surface area contributed by atoms with Gasteiger partial charge in [-0.15, -0.1) is 0 Å². The van der Waals surface area contributed by atoms with Crippen molar-refractivity contribution in [1.29, 1.82) is 0 Å². The molecule has 2 rings (SSSR count). The van der Waals surface area contributed by atoms with E-state index in [-0.39, 0.29) is 0 Å². The molecule has 0 nitrogen and oxygen atoms in total. The molecule has 0 radical (unpaired) electrons. The molecule has 21 heavy (non-hydrogen) atoms. The average Bonchev–Trinajstić information content (AvgIpc) is 2.50. The van der Waals surface area contributed by atoms with Crippen molar-refractivity contribution in [1.82, 2.24) is 0 Å². The van der Waals surface area contributed by atoms with Crippen LogP contribution >= 0.6 is 0 Å². The van der Waals surface area contributed by atoms with E-state index in [0.29, 0.717) is 0 Å². The van der Waals surface area contributed by atoms with Gasteiger partial charge in [-0.25, -0.2) is 0 Å². The quantitative estimate of drug-likeness (QED) is 0.490. The molecule has 2 unspecified atom stereocenters. The van der Waals surface area contributed by atoms with E-state index in [0.717, 1.165) is 35.5 Å². The smallest absolute Gasteiger partial charge is 0.0386 e. The van der Waals surface area contributed by atoms with Gasteiger partial charge in [0.1, 0.15) is 0 Å². The van der Waals surface area contributed by atoms with Crippen LogP contribution in [0.4, 0.5) is 0 Å². The molecule has 2 aliphatic rings. The summed E-state index contributed by atoms with van der Waals surface area (Å²) in [6.45, 7) is 9.88. The molecule has 0 aromatic heterocycles. The first-order valence-electron chi connectivity index (χ1n) is 10.1. The fourth-order valence-corrected chi connectivity index (χ4v) is 5.10. The van der Waals surface area contributed by atoms with Crippen LogP contribution < -0.4 is 0 Å². The Morgan fingerprint density at radius 3 is 1.67 bits per heavy atom. The van der Waals surface area contributed by atoms with E-state index in [9.17, 15) is 0 Å². The highest BCUT2D eigenvalue weighted by molar-refractivity contribution is 4.79. The summed E-state index contributed by atoms with van der Waals surface area (Å²) in [5.74, 6) is 6.12. The van der Waals surface area contributed by atoms with E-state index in [1.54, 1.807) is 0 Å². The number of rotatable bonds is 6. The second kappa shape index (κ2) is 8.59. The second-order valence-corrected chi connectivity index (χ2v) is 8.76. The third-order valence-electron chi connectivity index (χ3n) is 7.11. The lowest BCUT2D eigenvalue weighted by Crippen LogP contribution is -2.23. The lowest BCUT2D eigenvalue weighted by Gasteiger charge is -2.35. The van der Waals surface area contributed by atoms with Gasteiger partial charge in [-0.1, -0.05) is 66.2 Å². The fraction of sp³-hybridized carbons (Fsp3) is 1.00. The molecule has 0 heterocycles. The van der Waals surface area contributed by atoms with Gasteiger partial charge < -0.3 is 0 Å². The topological polar surface area (TPSA) is 0 Å². The van der Waals surface area contributed by atoms with Gasteiger partial charge in [-0.3, -0.25) is 0 Å². The zero-order valence-corrected chi connectivity index (χ0v) is 15.2. The lowest BCUT2D eigenvalue weighted by atomic mass is 9.71. The number of hydrogen-bond acceptors (Lipinski definition) is 0. The van der Waals surface area contributed by atoms with Crippen molar-refractivity contribution in [3.05, 3.63) is 0 Å². The zero-order valence-electron chi connectivity index (χ0n) is 15.2. The molecule has 2 atom stereocenters. The minimum Gasteiger partial charge on any atom is -0.0651 e. The van der Waals surface area contributed by atoms with E-state index in [1.165, 1.54) is 70.6 Å². The van der Waals surface area contributed by atoms with Crippen LogP contribution in [0.25, 0.3) is 0 Å². The standard InChI is InChI=1S/C21H40/c1-5-19(21-13-8-17(3)9-14-21)15-10-18(4)20-11-6-16(2)7-12-20/h16-21H,5-15H2,1-4H3. The predicted molar refractivity (Wildman–Crippen MR) is 94.4 cm³/mol. The molecule has 2 fully saturated rings. The van der Waals surface area contributed by atoms with Crippen LogP contribution in [-0.4, -0.2) is 0 Å². The molecule has 0 saturated heterocycles. The maximum atomic E-state index is 2.55. The molecular formula is C21H40. The second-order valence-electron chi connectivity index (χ2n) is 8.76. The lowest BCUT2D eigenvalue weighted by molar-refractivity contribution is 0.168. The predicted octanol–water partition coefficient (Wildman–Crippen LogP) is 7.08. The van der Waals surface area contributed by atoms with E-state index >= 15 is 0 Å². The first-order chi connectivity index (χ1) is 10.1. The van der Waals surface area contributed by atoms with Gasteiger partial charge >= 0.3 is 0 Å². The van der Waals surface area contributed by atoms with Crippen molar-refractivity contribution in [2.75, 3.05) is 0 Å². The number of hydrogen-bond donors (Lipinski definition) is 0. The van der Waals surface area contributed by atoms with Crippen LogP contribution in [0.2, 0.25) is 0 Å². The normalized spacial score (nSPS) is 37.1. The Bertz CT molecular complexity index is 266. The van der Waals surface area contributed by atoms with E-state index < -0.39 is 0 Å². The van der Waals surface area contributed by atoms with Crippen LogP contribution in [0.1, 0.15) is 98.3 Å². The van der Waals surface area contributed by atoms with Gasteiger partial charge in [0.25, 0.3) is 0 Å². The van der Waals surface area contributed by atoms with Crippen molar-refractivity contribution in [2.45, 2.75) is 98.3 Å². The Balaban J connectivity index is 1.72. The highest BCUT2D eigenvalue weighted by Crippen LogP contribution is 2.39. The Labute approximate surface area is 134 Å². The van der Waals surface area contributed by atoms with Crippen molar-refractivity contribution in [2.24, 2.45) is 35.5 Å². The Kier molecular flexibility index (Phi) is 7.10. The summed E-state index contributed by atoms with van der Waals surface area (Å²) in [5.41, 5.74) is 0. The van der Waals surface area contributed by atoms with Gasteiger partial charge in [0, 0.05) is 0 Å². The summed E-state index contributed by atoms with van der Waals surface area (Å²) in [7, 11) is 0. The molecule has 124 valence electrons. The molecule has 0 spiro atoms. The molecular weight excluding hydrogens is 252 g/mol. The molecule has 0 aromatic rings. The molecule has 2 saturated carbocycles. The highest BCUT2D eigenvalue weighted by atomic mass is 14.3. The van der Waals surface area contributed by atoms with Crippen molar-refractivity contribution in [3.8, 4) is 0 Å². The Morgan fingerprint density at radius 1 is 0.714 bits per heavy atom. The van der Waals surface area contributed by atoms with Gasteiger partial charge in [-0.05, 0) is 67.6 Å².